The SMILES string of the molecule is Cl.Cl.[CH2]=[Zr]([CH2]CCC)([CH2]c1ccccc1)([C]1=CC=CC1)[c]1c2c(cc(C(C)(C)C)c1-c1ccccc1)-c1cc(C(C)(C)C)c(-c3ccccc3)cc1C2. The molecule has 0 nitrogen and oxygen atoms in total. The molecule has 3 heteroatoms. The topological polar surface area (TPSA) is 0 Å². The van der Waals surface area contributed by atoms with E-state index < -0.39 is 18.3 Å². The fourth-order valence-corrected chi connectivity index (χ4v) is 26.7. The molecule has 0 N–H and O–H groups in total. The van der Waals surface area contributed by atoms with Gasteiger partial charge in [-0.05, 0) is 0 Å². The van der Waals surface area contributed by atoms with Crippen LogP contribution >= 0.6 is 24.8 Å². The van der Waals surface area contributed by atoms with E-state index in [1.807, 2.05) is 0 Å². The third kappa shape index (κ3) is 7.49. The molecule has 0 bridgehead atoms. The zero-order valence-corrected chi connectivity index (χ0v) is 37.0. The average molecular weight is 821 g/mol. The van der Waals surface area contributed by atoms with Gasteiger partial charge in [0.1, 0.15) is 0 Å². The van der Waals surface area contributed by atoms with Gasteiger partial charge in [0, 0.05) is 0 Å². The number of halogens is 2. The van der Waals surface area contributed by atoms with Gasteiger partial charge in [0.25, 0.3) is 0 Å². The van der Waals surface area contributed by atoms with Crippen LogP contribution in [-0.2, 0) is 39.7 Å². The van der Waals surface area contributed by atoms with Crippen molar-refractivity contribution in [3.05, 3.63) is 159 Å². The molecule has 0 saturated heterocycles. The molecule has 0 unspecified atom stereocenters. The maximum atomic E-state index is 5.86. The summed E-state index contributed by atoms with van der Waals surface area (Å²) in [4.78, 5) is 0. The Morgan fingerprint density at radius 1 is 0.660 bits per heavy atom. The number of fused-ring (bicyclic) bond motifs is 3. The number of hydrogen-bond acceptors (Lipinski definition) is 0. The predicted octanol–water partition coefficient (Wildman–Crippen LogP) is 14.0. The van der Waals surface area contributed by atoms with E-state index in [0.29, 0.717) is 0 Å². The van der Waals surface area contributed by atoms with Crippen molar-refractivity contribution in [1.29, 1.82) is 0 Å². The Hall–Kier alpha value is -3.09. The number of unbranched alkanes of at least 4 members (excludes halogenated alkanes) is 1. The van der Waals surface area contributed by atoms with Crippen LogP contribution in [0.4, 0.5) is 0 Å². The first-order chi connectivity index (χ1) is 24.3. The Kier molecular flexibility index (Phi) is 12.1. The van der Waals surface area contributed by atoms with Gasteiger partial charge < -0.3 is 0 Å². The summed E-state index contributed by atoms with van der Waals surface area (Å²) in [7, 11) is 0. The Morgan fingerprint density at radius 3 is 1.77 bits per heavy atom. The van der Waals surface area contributed by atoms with Crippen LogP contribution in [0.1, 0.15) is 95.5 Å². The quantitative estimate of drug-likeness (QED) is 0.136. The molecule has 0 heterocycles. The van der Waals surface area contributed by atoms with Crippen LogP contribution in [0.5, 0.6) is 0 Å². The van der Waals surface area contributed by atoms with E-state index in [1.165, 1.54) is 72.6 Å². The molecule has 2 aliphatic carbocycles. The Bertz CT molecular complexity index is 2210. The molecule has 276 valence electrons. The van der Waals surface area contributed by atoms with Crippen LogP contribution < -0.4 is 3.27 Å². The van der Waals surface area contributed by atoms with Crippen molar-refractivity contribution in [2.24, 2.45) is 0 Å². The summed E-state index contributed by atoms with van der Waals surface area (Å²) in [5.74, 6) is 0. The minimum absolute atomic E-state index is 0. The molecule has 2 aliphatic rings. The average Bonchev–Trinajstić information content (AvgIpc) is 3.79. The zero-order valence-electron chi connectivity index (χ0n) is 32.9. The van der Waals surface area contributed by atoms with Crippen LogP contribution in [-0.4, -0.2) is 4.21 Å². The maximum absolute atomic E-state index is 5.86. The van der Waals surface area contributed by atoms with Crippen molar-refractivity contribution in [2.75, 3.05) is 0 Å². The second-order valence-electron chi connectivity index (χ2n) is 17.7. The monoisotopic (exact) mass is 818 g/mol. The van der Waals surface area contributed by atoms with Crippen molar-refractivity contribution >= 4 is 32.3 Å². The Labute approximate surface area is 333 Å². The fourth-order valence-electron chi connectivity index (χ4n) is 9.44. The van der Waals surface area contributed by atoms with E-state index in [4.69, 9.17) is 4.21 Å². The van der Waals surface area contributed by atoms with Crippen LogP contribution in [0.15, 0.2) is 131 Å². The van der Waals surface area contributed by atoms with Gasteiger partial charge in [-0.25, -0.2) is 0 Å². The zero-order chi connectivity index (χ0) is 36.0. The molecule has 0 saturated carbocycles. The van der Waals surface area contributed by atoms with E-state index in [2.05, 4.69) is 176 Å². The predicted molar refractivity (Wildman–Crippen MR) is 236 cm³/mol. The van der Waals surface area contributed by atoms with Crippen molar-refractivity contribution in [2.45, 2.75) is 93.2 Å². The third-order valence-electron chi connectivity index (χ3n) is 12.0. The van der Waals surface area contributed by atoms with Gasteiger partial charge in [-0.1, -0.05) is 0 Å². The molecular weight excluding hydrogens is 763 g/mol. The molecule has 0 atom stereocenters. The Morgan fingerprint density at radius 2 is 1.23 bits per heavy atom. The Balaban J connectivity index is 0.00000271. The first kappa shape index (κ1) is 41.1. The van der Waals surface area contributed by atoms with Gasteiger partial charge in [0.2, 0.25) is 0 Å². The molecule has 53 heavy (non-hydrogen) atoms. The second-order valence-corrected chi connectivity index (χ2v) is 32.1. The number of rotatable bonds is 9. The number of benzene rings is 5. The van der Waals surface area contributed by atoms with Gasteiger partial charge in [-0.3, -0.25) is 0 Å². The van der Waals surface area contributed by atoms with Crippen molar-refractivity contribution in [3.63, 3.8) is 0 Å². The van der Waals surface area contributed by atoms with Crippen LogP contribution in [0.2, 0.25) is 4.13 Å². The second kappa shape index (κ2) is 15.6. The van der Waals surface area contributed by atoms with Crippen molar-refractivity contribution in [1.82, 2.24) is 0 Å². The molecule has 0 radical (unpaired) electrons. The van der Waals surface area contributed by atoms with Gasteiger partial charge in [-0.2, -0.15) is 0 Å². The minimum atomic E-state index is -4.49. The molecule has 0 fully saturated rings. The summed E-state index contributed by atoms with van der Waals surface area (Å²) in [6.45, 7) is 16.8. The van der Waals surface area contributed by atoms with E-state index in [9.17, 15) is 0 Å². The molecule has 5 aromatic carbocycles. The third-order valence-corrected chi connectivity index (χ3v) is 28.5. The number of hydrogen-bond donors (Lipinski definition) is 0. The summed E-state index contributed by atoms with van der Waals surface area (Å²) in [6, 6.07) is 41.6. The van der Waals surface area contributed by atoms with Crippen LogP contribution in [0, 0.1) is 0 Å². The van der Waals surface area contributed by atoms with Crippen molar-refractivity contribution < 1.29 is 18.3 Å². The molecule has 0 aliphatic heterocycles. The summed E-state index contributed by atoms with van der Waals surface area (Å²) in [5, 5.41) is 0. The van der Waals surface area contributed by atoms with Crippen molar-refractivity contribution in [3.8, 4) is 33.4 Å². The molecule has 0 spiro atoms. The molecule has 7 rings (SSSR count). The van der Waals surface area contributed by atoms with Gasteiger partial charge in [-0.15, -0.1) is 24.8 Å². The van der Waals surface area contributed by atoms with E-state index in [-0.39, 0.29) is 35.6 Å². The molecule has 0 aromatic heterocycles. The first-order valence-corrected chi connectivity index (χ1v) is 26.9. The summed E-state index contributed by atoms with van der Waals surface area (Å²) in [6.07, 6.45) is 11.6. The standard InChI is InChI=1S/C33H33.C7H7.C5H5.C4H9.CH2.2ClH.Zr/c1-32(2,3)30-20-26-24(18-28(30)22-13-9-7-10-14-22)17-25-19-29(23-15-11-8-12-16-23)31(21-27(25)26)33(4,5)6;1-7-5-3-2-4-6-7;1-2-4-5-3-1;1-3-4-2;;;;/h7-16,18,20-21H,17H2,1-6H3;2-6H,1H2;1-3H,4H2;1,3-4H2,2H3;1H2;2*1H;. The van der Waals surface area contributed by atoms with Gasteiger partial charge in [0.15, 0.2) is 0 Å². The van der Waals surface area contributed by atoms with E-state index in [1.54, 1.807) is 12.1 Å². The van der Waals surface area contributed by atoms with Crippen LogP contribution in [0.3, 0.4) is 0 Å². The molecule has 5 aromatic rings. The van der Waals surface area contributed by atoms with E-state index in [0.717, 1.165) is 17.0 Å². The summed E-state index contributed by atoms with van der Waals surface area (Å²) < 4.78 is 11.4. The van der Waals surface area contributed by atoms with Gasteiger partial charge >= 0.3 is 311 Å². The normalized spacial score (nSPS) is 13.8. The van der Waals surface area contributed by atoms with E-state index >= 15 is 0 Å². The number of allylic oxidation sites excluding steroid dienone is 4. The first-order valence-electron chi connectivity index (χ1n) is 19.3. The summed E-state index contributed by atoms with van der Waals surface area (Å²) >= 11 is -4.49. The van der Waals surface area contributed by atoms with Crippen LogP contribution in [0.25, 0.3) is 33.4 Å². The molecule has 0 amide bonds. The van der Waals surface area contributed by atoms with Gasteiger partial charge in [0.05, 0.1) is 0 Å². The fraction of sp³-hybridized carbons (Fsp3) is 0.300. The summed E-state index contributed by atoms with van der Waals surface area (Å²) in [5.41, 5.74) is 15.6. The molecular formula is C50H58Cl2Zr.